The van der Waals surface area contributed by atoms with E-state index >= 15 is 0 Å². The van der Waals surface area contributed by atoms with Crippen LogP contribution in [0.25, 0.3) is 0 Å². The lowest BCUT2D eigenvalue weighted by Crippen LogP contribution is -2.35. The number of hydrogen-bond donors (Lipinski definition) is 1. The van der Waals surface area contributed by atoms with Crippen molar-refractivity contribution in [2.24, 2.45) is 5.92 Å². The van der Waals surface area contributed by atoms with Crippen LogP contribution in [0.2, 0.25) is 0 Å². The summed E-state index contributed by atoms with van der Waals surface area (Å²) in [5.74, 6) is 0.889. The molecule has 0 saturated carbocycles. The molecular weight excluding hydrogens is 224 g/mol. The molecule has 0 bridgehead atoms. The molecule has 0 unspecified atom stereocenters. The molecule has 0 fully saturated rings. The number of nitrogens with one attached hydrogen (secondary N) is 1. The van der Waals surface area contributed by atoms with Crippen LogP contribution in [0.1, 0.15) is 25.5 Å². The zero-order chi connectivity index (χ0) is 13.7. The Morgan fingerprint density at radius 2 is 1.78 bits per heavy atom. The highest BCUT2D eigenvalue weighted by Gasteiger charge is 2.23. The van der Waals surface area contributed by atoms with Gasteiger partial charge in [-0.3, -0.25) is 4.79 Å². The van der Waals surface area contributed by atoms with Crippen LogP contribution in [-0.2, 0) is 4.79 Å². The van der Waals surface area contributed by atoms with Gasteiger partial charge in [-0.25, -0.2) is 0 Å². The summed E-state index contributed by atoms with van der Waals surface area (Å²) in [5.41, 5.74) is 0.971. The molecule has 0 spiro atoms. The first kappa shape index (κ1) is 14.3. The summed E-state index contributed by atoms with van der Waals surface area (Å²) >= 11 is 0. The van der Waals surface area contributed by atoms with Gasteiger partial charge in [0.2, 0.25) is 0 Å². The second kappa shape index (κ2) is 6.24. The first-order valence-corrected chi connectivity index (χ1v) is 6.15. The second-order valence-corrected chi connectivity index (χ2v) is 4.89. The lowest BCUT2D eigenvalue weighted by atomic mass is 9.95. The molecule has 1 N–H and O–H groups in total. The Kier molecular flexibility index (Phi) is 4.95. The zero-order valence-corrected chi connectivity index (χ0v) is 11.6. The summed E-state index contributed by atoms with van der Waals surface area (Å²) in [6.45, 7) is 7.75. The Morgan fingerprint density at radius 3 is 2.22 bits per heavy atom. The molecule has 3 heteroatoms. The predicted octanol–water partition coefficient (Wildman–Crippen LogP) is 2.58. The zero-order valence-electron chi connectivity index (χ0n) is 11.6. The van der Waals surface area contributed by atoms with Crippen LogP contribution in [0.5, 0.6) is 0 Å². The van der Waals surface area contributed by atoms with E-state index in [4.69, 9.17) is 0 Å². The van der Waals surface area contributed by atoms with Crippen molar-refractivity contribution >= 4 is 5.78 Å². The average Bonchev–Trinajstić information content (AvgIpc) is 2.35. The van der Waals surface area contributed by atoms with E-state index in [1.165, 1.54) is 0 Å². The second-order valence-electron chi connectivity index (χ2n) is 4.89. The van der Waals surface area contributed by atoms with Gasteiger partial charge >= 0.3 is 0 Å². The lowest BCUT2D eigenvalue weighted by Gasteiger charge is -2.25. The fourth-order valence-electron chi connectivity index (χ4n) is 1.59. The van der Waals surface area contributed by atoms with Crippen LogP contribution >= 0.6 is 0 Å². The molecule has 0 amide bonds. The van der Waals surface area contributed by atoms with Gasteiger partial charge in [0, 0.05) is 20.0 Å². The standard InChI is InChI=1S/C15H22N2O/c1-11(2)15(18)14(16-12(3)17(4)5)13-9-7-6-8-10-13/h6-11,14,16H,3H2,1-2,4-5H3/t14-/m1/s1. The van der Waals surface area contributed by atoms with Crippen LogP contribution in [-0.4, -0.2) is 24.8 Å². The minimum absolute atomic E-state index is 0.0160. The number of carbonyl (C=O) groups excluding carboxylic acids is 1. The number of Topliss-reactive ketones (excluding diaryl/α,β-unsaturated/α-hetero) is 1. The van der Waals surface area contributed by atoms with Crippen LogP contribution in [0.3, 0.4) is 0 Å². The molecule has 0 aliphatic heterocycles. The van der Waals surface area contributed by atoms with E-state index in [1.807, 2.05) is 63.2 Å². The molecule has 1 aromatic carbocycles. The number of benzene rings is 1. The molecule has 0 aromatic heterocycles. The molecule has 0 heterocycles. The van der Waals surface area contributed by atoms with Crippen molar-refractivity contribution < 1.29 is 4.79 Å². The largest absolute Gasteiger partial charge is 0.365 e. The Hall–Kier alpha value is -1.77. The fourth-order valence-corrected chi connectivity index (χ4v) is 1.59. The minimum Gasteiger partial charge on any atom is -0.365 e. The number of ketones is 1. The van der Waals surface area contributed by atoms with Crippen molar-refractivity contribution in [1.82, 2.24) is 10.2 Å². The maximum Gasteiger partial charge on any atom is 0.162 e. The molecular formula is C15H22N2O. The van der Waals surface area contributed by atoms with Gasteiger partial charge in [0.25, 0.3) is 0 Å². The van der Waals surface area contributed by atoms with Crippen molar-refractivity contribution in [2.75, 3.05) is 14.1 Å². The average molecular weight is 246 g/mol. The van der Waals surface area contributed by atoms with Crippen LogP contribution in [0, 0.1) is 5.92 Å². The van der Waals surface area contributed by atoms with Gasteiger partial charge in [-0.2, -0.15) is 0 Å². The smallest absolute Gasteiger partial charge is 0.162 e. The molecule has 0 saturated heterocycles. The highest BCUT2D eigenvalue weighted by atomic mass is 16.1. The van der Waals surface area contributed by atoms with Crippen LogP contribution < -0.4 is 5.32 Å². The Bertz CT molecular complexity index is 410. The highest BCUT2D eigenvalue weighted by molar-refractivity contribution is 5.87. The SMILES string of the molecule is C=C(N[C@@H](C(=O)C(C)C)c1ccccc1)N(C)C. The molecule has 1 atom stereocenters. The summed E-state index contributed by atoms with van der Waals surface area (Å²) < 4.78 is 0. The molecule has 18 heavy (non-hydrogen) atoms. The van der Waals surface area contributed by atoms with Gasteiger partial charge in [0.05, 0.1) is 5.82 Å². The number of hydrogen-bond acceptors (Lipinski definition) is 3. The summed E-state index contributed by atoms with van der Waals surface area (Å²) in [6, 6.07) is 9.41. The van der Waals surface area contributed by atoms with Crippen molar-refractivity contribution in [3.63, 3.8) is 0 Å². The van der Waals surface area contributed by atoms with Gasteiger partial charge in [-0.15, -0.1) is 0 Å². The normalized spacial score (nSPS) is 12.1. The van der Waals surface area contributed by atoms with Gasteiger partial charge in [-0.1, -0.05) is 50.8 Å². The molecule has 3 nitrogen and oxygen atoms in total. The van der Waals surface area contributed by atoms with E-state index in [2.05, 4.69) is 11.9 Å². The van der Waals surface area contributed by atoms with Crippen molar-refractivity contribution in [2.45, 2.75) is 19.9 Å². The third kappa shape index (κ3) is 3.62. The molecule has 0 aliphatic rings. The van der Waals surface area contributed by atoms with Crippen LogP contribution in [0.4, 0.5) is 0 Å². The predicted molar refractivity (Wildman–Crippen MR) is 75.0 cm³/mol. The summed E-state index contributed by atoms with van der Waals surface area (Å²) in [6.07, 6.45) is 0. The molecule has 1 rings (SSSR count). The van der Waals surface area contributed by atoms with E-state index in [9.17, 15) is 4.79 Å². The van der Waals surface area contributed by atoms with Gasteiger partial charge in [0.15, 0.2) is 5.78 Å². The van der Waals surface area contributed by atoms with E-state index in [0.717, 1.165) is 11.4 Å². The topological polar surface area (TPSA) is 32.3 Å². The molecule has 0 radical (unpaired) electrons. The molecule has 1 aromatic rings. The highest BCUT2D eigenvalue weighted by Crippen LogP contribution is 2.19. The maximum absolute atomic E-state index is 12.3. The molecule has 98 valence electrons. The lowest BCUT2D eigenvalue weighted by molar-refractivity contribution is -0.124. The molecule has 0 aliphatic carbocycles. The van der Waals surface area contributed by atoms with Crippen molar-refractivity contribution in [1.29, 1.82) is 0 Å². The van der Waals surface area contributed by atoms with Gasteiger partial charge in [0.1, 0.15) is 6.04 Å². The quantitative estimate of drug-likeness (QED) is 0.837. The monoisotopic (exact) mass is 246 g/mol. The number of rotatable bonds is 6. The third-order valence-electron chi connectivity index (χ3n) is 2.84. The van der Waals surface area contributed by atoms with E-state index in [1.54, 1.807) is 0 Å². The van der Waals surface area contributed by atoms with E-state index in [-0.39, 0.29) is 17.7 Å². The first-order chi connectivity index (χ1) is 8.43. The minimum atomic E-state index is -0.332. The Balaban J connectivity index is 2.96. The maximum atomic E-state index is 12.3. The van der Waals surface area contributed by atoms with Crippen LogP contribution in [0.15, 0.2) is 42.7 Å². The first-order valence-electron chi connectivity index (χ1n) is 6.15. The van der Waals surface area contributed by atoms with E-state index in [0.29, 0.717) is 0 Å². The Morgan fingerprint density at radius 1 is 1.22 bits per heavy atom. The third-order valence-corrected chi connectivity index (χ3v) is 2.84. The summed E-state index contributed by atoms with van der Waals surface area (Å²) in [4.78, 5) is 14.1. The number of carbonyl (C=O) groups is 1. The number of nitrogens with zero attached hydrogens (tertiary/aromatic N) is 1. The summed E-state index contributed by atoms with van der Waals surface area (Å²) in [7, 11) is 3.80. The van der Waals surface area contributed by atoms with Gasteiger partial charge < -0.3 is 10.2 Å². The summed E-state index contributed by atoms with van der Waals surface area (Å²) in [5, 5.41) is 3.20. The van der Waals surface area contributed by atoms with Crippen molar-refractivity contribution in [3.8, 4) is 0 Å². The van der Waals surface area contributed by atoms with Crippen molar-refractivity contribution in [3.05, 3.63) is 48.3 Å². The van der Waals surface area contributed by atoms with Gasteiger partial charge in [-0.05, 0) is 5.56 Å². The van der Waals surface area contributed by atoms with E-state index < -0.39 is 0 Å². The Labute approximate surface area is 109 Å². The fraction of sp³-hybridized carbons (Fsp3) is 0.400.